The van der Waals surface area contributed by atoms with Crippen LogP contribution in [0.4, 0.5) is 13.2 Å². The zero-order valence-electron chi connectivity index (χ0n) is 11.9. The van der Waals surface area contributed by atoms with Crippen molar-refractivity contribution in [2.24, 2.45) is 0 Å². The highest BCUT2D eigenvalue weighted by molar-refractivity contribution is 7.99. The number of carboxylic acids is 1. The number of rotatable bonds is 5. The molecule has 1 aliphatic heterocycles. The topological polar surface area (TPSA) is 75.6 Å². The van der Waals surface area contributed by atoms with E-state index in [0.29, 0.717) is 17.7 Å². The third-order valence-electron chi connectivity index (χ3n) is 3.31. The SMILES string of the molecule is O=C(Cc1cccc(OC(F)(F)F)c1)NC1(C(=O)O)CCSC1. The van der Waals surface area contributed by atoms with Crippen molar-refractivity contribution in [1.29, 1.82) is 0 Å². The second kappa shape index (κ2) is 6.69. The molecule has 2 N–H and O–H groups in total. The molecular weight excluding hydrogens is 335 g/mol. The average Bonchev–Trinajstić information content (AvgIpc) is 2.86. The lowest BCUT2D eigenvalue weighted by Crippen LogP contribution is -2.55. The standard InChI is InChI=1S/C14H14F3NO4S/c15-14(16,17)22-10-3-1-2-9(6-10)7-11(19)18-13(12(20)21)4-5-23-8-13/h1-3,6H,4-5,7-8H2,(H,18,19)(H,20,21). The van der Waals surface area contributed by atoms with Gasteiger partial charge in [-0.05, 0) is 29.9 Å². The van der Waals surface area contributed by atoms with E-state index in [1.54, 1.807) is 0 Å². The summed E-state index contributed by atoms with van der Waals surface area (Å²) in [7, 11) is 0. The quantitative estimate of drug-likeness (QED) is 0.852. The highest BCUT2D eigenvalue weighted by Crippen LogP contribution is 2.28. The number of thioether (sulfide) groups is 1. The van der Waals surface area contributed by atoms with Gasteiger partial charge < -0.3 is 15.2 Å². The van der Waals surface area contributed by atoms with E-state index in [4.69, 9.17) is 0 Å². The summed E-state index contributed by atoms with van der Waals surface area (Å²) < 4.78 is 40.3. The first-order valence-electron chi connectivity index (χ1n) is 6.67. The fourth-order valence-electron chi connectivity index (χ4n) is 2.23. The molecule has 23 heavy (non-hydrogen) atoms. The number of hydrogen-bond acceptors (Lipinski definition) is 4. The number of benzene rings is 1. The van der Waals surface area contributed by atoms with Gasteiger partial charge >= 0.3 is 12.3 Å². The third kappa shape index (κ3) is 4.78. The van der Waals surface area contributed by atoms with E-state index >= 15 is 0 Å². The van der Waals surface area contributed by atoms with Crippen molar-refractivity contribution in [2.45, 2.75) is 24.7 Å². The molecule has 1 amide bonds. The molecule has 1 heterocycles. The Kier molecular flexibility index (Phi) is 5.08. The second-order valence-corrected chi connectivity index (χ2v) is 6.22. The maximum Gasteiger partial charge on any atom is 0.573 e. The van der Waals surface area contributed by atoms with Crippen LogP contribution in [0, 0.1) is 0 Å². The zero-order valence-corrected chi connectivity index (χ0v) is 12.7. The van der Waals surface area contributed by atoms with Gasteiger partial charge in [-0.2, -0.15) is 11.8 Å². The van der Waals surface area contributed by atoms with Gasteiger partial charge in [0.15, 0.2) is 0 Å². The number of carbonyl (C=O) groups is 2. The van der Waals surface area contributed by atoms with Crippen LogP contribution in [-0.4, -0.2) is 40.4 Å². The smallest absolute Gasteiger partial charge is 0.479 e. The largest absolute Gasteiger partial charge is 0.573 e. The van der Waals surface area contributed by atoms with Crippen molar-refractivity contribution < 1.29 is 32.6 Å². The monoisotopic (exact) mass is 349 g/mol. The highest BCUT2D eigenvalue weighted by Gasteiger charge is 2.43. The van der Waals surface area contributed by atoms with Gasteiger partial charge in [0.25, 0.3) is 0 Å². The van der Waals surface area contributed by atoms with Crippen LogP contribution in [-0.2, 0) is 16.0 Å². The molecule has 1 aromatic rings. The minimum atomic E-state index is -4.81. The number of carbonyl (C=O) groups excluding carboxylic acids is 1. The Balaban J connectivity index is 2.03. The first-order valence-corrected chi connectivity index (χ1v) is 7.82. The molecule has 126 valence electrons. The van der Waals surface area contributed by atoms with Crippen LogP contribution >= 0.6 is 11.8 Å². The molecule has 1 unspecified atom stereocenters. The van der Waals surface area contributed by atoms with E-state index < -0.39 is 29.5 Å². The van der Waals surface area contributed by atoms with E-state index in [1.165, 1.54) is 23.9 Å². The molecule has 1 aliphatic rings. The van der Waals surface area contributed by atoms with Crippen LogP contribution in [0.1, 0.15) is 12.0 Å². The average molecular weight is 349 g/mol. The molecule has 1 saturated heterocycles. The molecule has 0 bridgehead atoms. The summed E-state index contributed by atoms with van der Waals surface area (Å²) in [5.74, 6) is -1.19. The van der Waals surface area contributed by atoms with E-state index in [9.17, 15) is 27.9 Å². The summed E-state index contributed by atoms with van der Waals surface area (Å²) >= 11 is 1.43. The molecule has 2 rings (SSSR count). The first kappa shape index (κ1) is 17.5. The summed E-state index contributed by atoms with van der Waals surface area (Å²) in [5.41, 5.74) is -1.00. The van der Waals surface area contributed by atoms with Crippen molar-refractivity contribution in [3.63, 3.8) is 0 Å². The lowest BCUT2D eigenvalue weighted by Gasteiger charge is -2.24. The van der Waals surface area contributed by atoms with Gasteiger partial charge in [-0.15, -0.1) is 13.2 Å². The summed E-state index contributed by atoms with van der Waals surface area (Å²) in [6.45, 7) is 0. The molecule has 0 aromatic heterocycles. The van der Waals surface area contributed by atoms with Crippen LogP contribution in [0.15, 0.2) is 24.3 Å². The fraction of sp³-hybridized carbons (Fsp3) is 0.429. The van der Waals surface area contributed by atoms with E-state index in [1.807, 2.05) is 0 Å². The van der Waals surface area contributed by atoms with Crippen LogP contribution in [0.2, 0.25) is 0 Å². The molecule has 0 saturated carbocycles. The summed E-state index contributed by atoms with van der Waals surface area (Å²) in [4.78, 5) is 23.4. The zero-order chi connectivity index (χ0) is 17.1. The van der Waals surface area contributed by atoms with Gasteiger partial charge in [-0.3, -0.25) is 4.79 Å². The third-order valence-corrected chi connectivity index (χ3v) is 4.50. The van der Waals surface area contributed by atoms with Crippen molar-refractivity contribution in [1.82, 2.24) is 5.32 Å². The Bertz CT molecular complexity index is 600. The van der Waals surface area contributed by atoms with Crippen molar-refractivity contribution in [3.05, 3.63) is 29.8 Å². The molecule has 0 aliphatic carbocycles. The molecular formula is C14H14F3NO4S. The molecule has 1 fully saturated rings. The van der Waals surface area contributed by atoms with E-state index in [0.717, 1.165) is 12.1 Å². The predicted molar refractivity (Wildman–Crippen MR) is 77.3 cm³/mol. The molecule has 5 nitrogen and oxygen atoms in total. The van der Waals surface area contributed by atoms with E-state index in [-0.39, 0.29) is 12.2 Å². The Labute approximate surface area is 134 Å². The van der Waals surface area contributed by atoms with Crippen LogP contribution in [0.5, 0.6) is 5.75 Å². The summed E-state index contributed by atoms with van der Waals surface area (Å²) in [6.07, 6.45) is -4.72. The number of hydrogen-bond donors (Lipinski definition) is 2. The molecule has 1 aromatic carbocycles. The minimum Gasteiger partial charge on any atom is -0.479 e. The van der Waals surface area contributed by atoms with Gasteiger partial charge in [0.2, 0.25) is 5.91 Å². The number of alkyl halides is 3. The Morgan fingerprint density at radius 1 is 1.39 bits per heavy atom. The highest BCUT2D eigenvalue weighted by atomic mass is 32.2. The summed E-state index contributed by atoms with van der Waals surface area (Å²) in [5, 5.41) is 11.8. The van der Waals surface area contributed by atoms with Gasteiger partial charge in [0, 0.05) is 5.75 Å². The number of ether oxygens (including phenoxy) is 1. The fourth-order valence-corrected chi connectivity index (χ4v) is 3.56. The van der Waals surface area contributed by atoms with Crippen molar-refractivity contribution in [2.75, 3.05) is 11.5 Å². The Morgan fingerprint density at radius 2 is 2.13 bits per heavy atom. The lowest BCUT2D eigenvalue weighted by atomic mass is 9.98. The Hall–Kier alpha value is -1.90. The van der Waals surface area contributed by atoms with Crippen LogP contribution < -0.4 is 10.1 Å². The maximum atomic E-state index is 12.2. The molecule has 0 radical (unpaired) electrons. The first-order chi connectivity index (χ1) is 10.7. The minimum absolute atomic E-state index is 0.227. The van der Waals surface area contributed by atoms with Crippen LogP contribution in [0.3, 0.4) is 0 Å². The lowest BCUT2D eigenvalue weighted by molar-refractivity contribution is -0.274. The number of halogens is 3. The molecule has 1 atom stereocenters. The van der Waals surface area contributed by atoms with Crippen molar-refractivity contribution in [3.8, 4) is 5.75 Å². The Morgan fingerprint density at radius 3 is 2.70 bits per heavy atom. The maximum absolute atomic E-state index is 12.2. The second-order valence-electron chi connectivity index (χ2n) is 5.11. The molecule has 0 spiro atoms. The van der Waals surface area contributed by atoms with Gasteiger partial charge in [0.1, 0.15) is 11.3 Å². The van der Waals surface area contributed by atoms with Gasteiger partial charge in [-0.25, -0.2) is 4.79 Å². The predicted octanol–water partition coefficient (Wildman–Crippen LogP) is 2.20. The number of nitrogens with one attached hydrogen (secondary N) is 1. The number of amides is 1. The van der Waals surface area contributed by atoms with Gasteiger partial charge in [0.05, 0.1) is 6.42 Å². The van der Waals surface area contributed by atoms with E-state index in [2.05, 4.69) is 10.1 Å². The van der Waals surface area contributed by atoms with Crippen molar-refractivity contribution >= 4 is 23.6 Å². The number of carboxylic acid groups (broad SMARTS) is 1. The molecule has 9 heteroatoms. The number of aliphatic carboxylic acids is 1. The normalized spacial score (nSPS) is 21.0. The van der Waals surface area contributed by atoms with Gasteiger partial charge in [-0.1, -0.05) is 12.1 Å². The van der Waals surface area contributed by atoms with Crippen LogP contribution in [0.25, 0.3) is 0 Å². The summed E-state index contributed by atoms with van der Waals surface area (Å²) in [6, 6.07) is 5.03.